The molecule has 1 aromatic heterocycles. The Kier molecular flexibility index (Phi) is 12.9. The van der Waals surface area contributed by atoms with E-state index in [9.17, 15) is 22.4 Å². The molecule has 1 aliphatic rings. The molecule has 0 saturated heterocycles. The third-order valence-electron chi connectivity index (χ3n) is 5.23. The average molecular weight is 570 g/mol. The highest BCUT2D eigenvalue weighted by Crippen LogP contribution is 2.36. The Balaban J connectivity index is 0.000000858. The monoisotopic (exact) mass is 569 g/mol. The van der Waals surface area contributed by atoms with Crippen LogP contribution in [0.3, 0.4) is 0 Å². The second kappa shape index (κ2) is 16.1. The van der Waals surface area contributed by atoms with Crippen molar-refractivity contribution in [2.75, 3.05) is 13.7 Å². The number of hydrogen-bond donors (Lipinski definition) is 2. The van der Waals surface area contributed by atoms with E-state index >= 15 is 0 Å². The van der Waals surface area contributed by atoms with E-state index in [1.807, 2.05) is 13.8 Å². The van der Waals surface area contributed by atoms with Gasteiger partial charge >= 0.3 is 6.61 Å². The smallest absolute Gasteiger partial charge is 0.387 e. The molecule has 0 aliphatic heterocycles. The molecule has 0 atom stereocenters. The van der Waals surface area contributed by atoms with Gasteiger partial charge in [-0.05, 0) is 43.0 Å². The molecule has 1 saturated carbocycles. The normalized spacial score (nSPS) is 11.9. The van der Waals surface area contributed by atoms with E-state index in [-0.39, 0.29) is 47.5 Å². The number of amides is 1. The first kappa shape index (κ1) is 32.1. The SMILES string of the molecule is CC.COC=O.NCc1oc(-c2ccc(OC(F)F)c(OCC3CC3)c2)nc1C(=O)NCc1ccc(F)cc1F. The van der Waals surface area contributed by atoms with Gasteiger partial charge in [0, 0.05) is 23.7 Å². The lowest BCUT2D eigenvalue weighted by molar-refractivity contribution is -0.126. The van der Waals surface area contributed by atoms with Crippen LogP contribution in [-0.4, -0.2) is 37.7 Å². The first-order chi connectivity index (χ1) is 19.2. The number of rotatable bonds is 11. The van der Waals surface area contributed by atoms with E-state index in [0.717, 1.165) is 18.9 Å². The van der Waals surface area contributed by atoms with Crippen molar-refractivity contribution >= 4 is 12.4 Å². The van der Waals surface area contributed by atoms with Crippen molar-refractivity contribution in [3.05, 3.63) is 65.1 Å². The maximum absolute atomic E-state index is 13.8. The zero-order valence-corrected chi connectivity index (χ0v) is 22.2. The Morgan fingerprint density at radius 2 is 1.88 bits per heavy atom. The summed E-state index contributed by atoms with van der Waals surface area (Å²) in [5, 5.41) is 2.49. The van der Waals surface area contributed by atoms with Gasteiger partial charge in [0.25, 0.3) is 12.4 Å². The van der Waals surface area contributed by atoms with E-state index in [1.54, 1.807) is 0 Å². The van der Waals surface area contributed by atoms with Gasteiger partial charge in [-0.15, -0.1) is 0 Å². The van der Waals surface area contributed by atoms with E-state index in [0.29, 0.717) is 30.6 Å². The lowest BCUT2D eigenvalue weighted by Gasteiger charge is -2.12. The van der Waals surface area contributed by atoms with Crippen molar-refractivity contribution in [2.24, 2.45) is 11.7 Å². The molecule has 13 heteroatoms. The molecule has 2 aromatic carbocycles. The number of halogens is 4. The Bertz CT molecular complexity index is 1250. The number of carbonyl (C=O) groups excluding carboxylic acids is 2. The lowest BCUT2D eigenvalue weighted by atomic mass is 10.2. The molecule has 40 heavy (non-hydrogen) atoms. The van der Waals surface area contributed by atoms with E-state index in [1.165, 1.54) is 31.4 Å². The van der Waals surface area contributed by atoms with Crippen LogP contribution in [0, 0.1) is 17.6 Å². The number of aromatic nitrogens is 1. The van der Waals surface area contributed by atoms with Crippen LogP contribution in [-0.2, 0) is 22.6 Å². The number of methoxy groups -OCH3 is 1. The number of hydrogen-bond acceptors (Lipinski definition) is 8. The van der Waals surface area contributed by atoms with E-state index in [2.05, 4.69) is 19.8 Å². The van der Waals surface area contributed by atoms with Gasteiger partial charge < -0.3 is 29.7 Å². The van der Waals surface area contributed by atoms with Gasteiger partial charge in [0.15, 0.2) is 23.0 Å². The number of carbonyl (C=O) groups is 2. The Labute approximate surface area is 228 Å². The molecule has 1 fully saturated rings. The summed E-state index contributed by atoms with van der Waals surface area (Å²) in [6.07, 6.45) is 2.01. The number of benzene rings is 2. The average Bonchev–Trinajstić information content (AvgIpc) is 3.68. The van der Waals surface area contributed by atoms with Crippen LogP contribution in [0.1, 0.15) is 48.5 Å². The number of oxazole rings is 1. The highest BCUT2D eigenvalue weighted by Gasteiger charge is 2.25. The summed E-state index contributed by atoms with van der Waals surface area (Å²) >= 11 is 0. The third kappa shape index (κ3) is 9.56. The maximum Gasteiger partial charge on any atom is 0.387 e. The lowest BCUT2D eigenvalue weighted by Crippen LogP contribution is -2.25. The van der Waals surface area contributed by atoms with Crippen molar-refractivity contribution in [1.82, 2.24) is 10.3 Å². The van der Waals surface area contributed by atoms with Gasteiger partial charge in [-0.2, -0.15) is 8.78 Å². The topological polar surface area (TPSA) is 126 Å². The number of nitrogens with zero attached hydrogens (tertiary/aromatic N) is 1. The van der Waals surface area contributed by atoms with Crippen molar-refractivity contribution in [1.29, 1.82) is 0 Å². The van der Waals surface area contributed by atoms with Gasteiger partial charge in [-0.3, -0.25) is 9.59 Å². The second-order valence-electron chi connectivity index (χ2n) is 8.04. The second-order valence-corrected chi connectivity index (χ2v) is 8.04. The quantitative estimate of drug-likeness (QED) is 0.238. The van der Waals surface area contributed by atoms with Gasteiger partial charge in [0.2, 0.25) is 5.89 Å². The molecule has 0 radical (unpaired) electrons. The Morgan fingerprint density at radius 3 is 2.45 bits per heavy atom. The maximum atomic E-state index is 13.8. The highest BCUT2D eigenvalue weighted by atomic mass is 19.3. The summed E-state index contributed by atoms with van der Waals surface area (Å²) in [6, 6.07) is 7.17. The summed E-state index contributed by atoms with van der Waals surface area (Å²) in [6.45, 7) is 1.34. The van der Waals surface area contributed by atoms with Crippen LogP contribution in [0.4, 0.5) is 17.6 Å². The molecule has 218 valence electrons. The zero-order valence-electron chi connectivity index (χ0n) is 22.2. The van der Waals surface area contributed by atoms with Crippen LogP contribution < -0.4 is 20.5 Å². The fourth-order valence-electron chi connectivity index (χ4n) is 3.15. The van der Waals surface area contributed by atoms with Crippen molar-refractivity contribution in [3.8, 4) is 23.0 Å². The van der Waals surface area contributed by atoms with Gasteiger partial charge in [0.05, 0.1) is 20.3 Å². The molecule has 0 spiro atoms. The van der Waals surface area contributed by atoms with Gasteiger partial charge in [-0.25, -0.2) is 13.8 Å². The molecule has 0 unspecified atom stereocenters. The van der Waals surface area contributed by atoms with Gasteiger partial charge in [-0.1, -0.05) is 19.9 Å². The van der Waals surface area contributed by atoms with E-state index in [4.69, 9.17) is 19.7 Å². The molecular weight excluding hydrogens is 538 g/mol. The minimum atomic E-state index is -3.03. The predicted octanol–water partition coefficient (Wildman–Crippen LogP) is 5.21. The first-order valence-corrected chi connectivity index (χ1v) is 12.4. The molecule has 0 bridgehead atoms. The summed E-state index contributed by atoms with van der Waals surface area (Å²) in [5.41, 5.74) is 6.00. The summed E-state index contributed by atoms with van der Waals surface area (Å²) in [7, 11) is 1.31. The van der Waals surface area contributed by atoms with Crippen molar-refractivity contribution < 1.29 is 45.8 Å². The van der Waals surface area contributed by atoms with Crippen molar-refractivity contribution in [2.45, 2.75) is 46.4 Å². The first-order valence-electron chi connectivity index (χ1n) is 12.4. The van der Waals surface area contributed by atoms with Crippen LogP contribution in [0.2, 0.25) is 0 Å². The fourth-order valence-corrected chi connectivity index (χ4v) is 3.15. The summed E-state index contributed by atoms with van der Waals surface area (Å²) in [5.74, 6) is -1.80. The van der Waals surface area contributed by atoms with Crippen LogP contribution in [0.5, 0.6) is 11.5 Å². The minimum absolute atomic E-state index is 0.0124. The fraction of sp³-hybridized carbons (Fsp3) is 0.370. The van der Waals surface area contributed by atoms with E-state index < -0.39 is 24.2 Å². The van der Waals surface area contributed by atoms with Crippen LogP contribution in [0.25, 0.3) is 11.5 Å². The Hall–Kier alpha value is -4.13. The molecule has 1 aliphatic carbocycles. The Morgan fingerprint density at radius 1 is 1.18 bits per heavy atom. The number of alkyl halides is 2. The largest absolute Gasteiger partial charge is 0.489 e. The molecule has 3 aromatic rings. The third-order valence-corrected chi connectivity index (χ3v) is 5.23. The highest BCUT2D eigenvalue weighted by molar-refractivity contribution is 5.93. The predicted molar refractivity (Wildman–Crippen MR) is 137 cm³/mol. The minimum Gasteiger partial charge on any atom is -0.489 e. The molecule has 3 N–H and O–H groups in total. The van der Waals surface area contributed by atoms with Gasteiger partial charge in [0.1, 0.15) is 11.6 Å². The number of nitrogens with one attached hydrogen (secondary N) is 1. The zero-order chi connectivity index (χ0) is 29.7. The summed E-state index contributed by atoms with van der Waals surface area (Å²) in [4.78, 5) is 25.8. The number of nitrogens with two attached hydrogens (primary N) is 1. The molecule has 1 amide bonds. The number of ether oxygens (including phenoxy) is 3. The summed E-state index contributed by atoms with van der Waals surface area (Å²) < 4.78 is 72.0. The molecule has 1 heterocycles. The van der Waals surface area contributed by atoms with Crippen molar-refractivity contribution in [3.63, 3.8) is 0 Å². The molecular formula is C27H31F4N3O6. The molecule has 4 rings (SSSR count). The standard InChI is InChI=1S/C23H21F4N3O4.C2H4O2.C2H6/c24-15-5-3-14(16(25)8-15)10-29-21(31)20-19(9-28)33-22(30-20)13-4-6-17(34-23(26)27)18(7-13)32-11-12-1-2-12;1-4-2-3;1-2/h3-8,12,23H,1-2,9-11,28H2,(H,29,31);2H,1H3;1-2H3. The molecule has 9 nitrogen and oxygen atoms in total. The van der Waals surface area contributed by atoms with Crippen LogP contribution in [0.15, 0.2) is 40.8 Å². The van der Waals surface area contributed by atoms with Crippen LogP contribution >= 0.6 is 0 Å².